The van der Waals surface area contributed by atoms with Crippen molar-refractivity contribution in [1.82, 2.24) is 0 Å². The number of nitrogens with zero attached hydrogens (tertiary/aromatic N) is 2. The second kappa shape index (κ2) is 5.81. The molecule has 1 atom stereocenters. The van der Waals surface area contributed by atoms with Crippen LogP contribution in [-0.2, 0) is 9.53 Å². The summed E-state index contributed by atoms with van der Waals surface area (Å²) >= 11 is 0. The van der Waals surface area contributed by atoms with E-state index in [2.05, 4.69) is 11.0 Å². The van der Waals surface area contributed by atoms with Gasteiger partial charge in [-0.1, -0.05) is 12.1 Å². The fourth-order valence-electron chi connectivity index (χ4n) is 2.90. The van der Waals surface area contributed by atoms with Crippen LogP contribution in [0.3, 0.4) is 0 Å². The van der Waals surface area contributed by atoms with E-state index in [1.165, 1.54) is 0 Å². The maximum atomic E-state index is 12.2. The Bertz CT molecular complexity index is 486. The van der Waals surface area contributed by atoms with Gasteiger partial charge in [0.05, 0.1) is 24.6 Å². The molecule has 0 saturated carbocycles. The van der Waals surface area contributed by atoms with E-state index < -0.39 is 0 Å². The molecule has 108 valence electrons. The lowest BCUT2D eigenvalue weighted by atomic mass is 10.1. The molecule has 2 aliphatic heterocycles. The Kier molecular flexibility index (Phi) is 3.89. The van der Waals surface area contributed by atoms with E-state index >= 15 is 0 Å². The summed E-state index contributed by atoms with van der Waals surface area (Å²) < 4.78 is 5.39. The van der Waals surface area contributed by atoms with Crippen molar-refractivity contribution in [1.29, 1.82) is 0 Å². The minimum atomic E-state index is 0.0558. The largest absolute Gasteiger partial charge is 0.396 e. The third-order valence-corrected chi connectivity index (χ3v) is 3.99. The quantitative estimate of drug-likeness (QED) is 0.890. The average molecular weight is 276 g/mol. The Morgan fingerprint density at radius 2 is 1.90 bits per heavy atom. The first-order chi connectivity index (χ1) is 9.79. The van der Waals surface area contributed by atoms with Gasteiger partial charge in [-0.2, -0.15) is 0 Å². The number of carbonyl (C=O) groups is 1. The first-order valence-corrected chi connectivity index (χ1v) is 7.12. The summed E-state index contributed by atoms with van der Waals surface area (Å²) in [7, 11) is 0. The molecule has 2 fully saturated rings. The molecule has 1 aromatic carbocycles. The van der Waals surface area contributed by atoms with Gasteiger partial charge >= 0.3 is 0 Å². The summed E-state index contributed by atoms with van der Waals surface area (Å²) in [5, 5.41) is 9.26. The Balaban J connectivity index is 1.87. The lowest BCUT2D eigenvalue weighted by Crippen LogP contribution is -2.37. The van der Waals surface area contributed by atoms with Crippen molar-refractivity contribution in [2.75, 3.05) is 49.3 Å². The van der Waals surface area contributed by atoms with Crippen molar-refractivity contribution in [2.45, 2.75) is 6.42 Å². The second-order valence-corrected chi connectivity index (χ2v) is 5.35. The number of carbonyl (C=O) groups excluding carboxylic acids is 1. The van der Waals surface area contributed by atoms with Crippen LogP contribution < -0.4 is 9.80 Å². The smallest absolute Gasteiger partial charge is 0.227 e. The van der Waals surface area contributed by atoms with Crippen molar-refractivity contribution in [3.05, 3.63) is 24.3 Å². The number of ether oxygens (including phenoxy) is 1. The van der Waals surface area contributed by atoms with Gasteiger partial charge in [-0.25, -0.2) is 0 Å². The Labute approximate surface area is 118 Å². The van der Waals surface area contributed by atoms with E-state index in [-0.39, 0.29) is 18.4 Å². The number of hydrogen-bond donors (Lipinski definition) is 1. The number of anilines is 2. The molecule has 2 aliphatic rings. The topological polar surface area (TPSA) is 53.0 Å². The van der Waals surface area contributed by atoms with Gasteiger partial charge in [-0.15, -0.1) is 0 Å². The van der Waals surface area contributed by atoms with Crippen LogP contribution in [0.25, 0.3) is 0 Å². The molecule has 5 nitrogen and oxygen atoms in total. The van der Waals surface area contributed by atoms with Crippen LogP contribution in [0.1, 0.15) is 6.42 Å². The number of para-hydroxylation sites is 2. The number of aliphatic hydroxyl groups excluding tert-OH is 1. The first kappa shape index (κ1) is 13.4. The predicted molar refractivity (Wildman–Crippen MR) is 77.0 cm³/mol. The van der Waals surface area contributed by atoms with Crippen LogP contribution in [-0.4, -0.2) is 50.5 Å². The lowest BCUT2D eigenvalue weighted by Gasteiger charge is -2.32. The zero-order valence-corrected chi connectivity index (χ0v) is 11.5. The highest BCUT2D eigenvalue weighted by Gasteiger charge is 2.32. The van der Waals surface area contributed by atoms with Crippen molar-refractivity contribution < 1.29 is 14.6 Å². The van der Waals surface area contributed by atoms with Crippen LogP contribution >= 0.6 is 0 Å². The number of morpholine rings is 1. The van der Waals surface area contributed by atoms with Crippen LogP contribution in [0.5, 0.6) is 0 Å². The van der Waals surface area contributed by atoms with Crippen LogP contribution in [0.2, 0.25) is 0 Å². The molecule has 1 unspecified atom stereocenters. The molecule has 1 amide bonds. The van der Waals surface area contributed by atoms with Gasteiger partial charge < -0.3 is 19.6 Å². The van der Waals surface area contributed by atoms with Crippen LogP contribution in [0.4, 0.5) is 11.4 Å². The number of aliphatic hydroxyl groups is 1. The molecule has 20 heavy (non-hydrogen) atoms. The summed E-state index contributed by atoms with van der Waals surface area (Å²) in [6, 6.07) is 8.00. The molecular formula is C15H20N2O3. The zero-order valence-electron chi connectivity index (χ0n) is 11.5. The third kappa shape index (κ3) is 2.51. The minimum Gasteiger partial charge on any atom is -0.396 e. The highest BCUT2D eigenvalue weighted by atomic mass is 16.5. The molecule has 0 aromatic heterocycles. The van der Waals surface area contributed by atoms with Gasteiger partial charge in [0.15, 0.2) is 0 Å². The van der Waals surface area contributed by atoms with Gasteiger partial charge in [0.2, 0.25) is 5.91 Å². The minimum absolute atomic E-state index is 0.0558. The highest BCUT2D eigenvalue weighted by molar-refractivity contribution is 5.98. The number of benzene rings is 1. The van der Waals surface area contributed by atoms with E-state index in [0.29, 0.717) is 13.0 Å². The Morgan fingerprint density at radius 1 is 1.20 bits per heavy atom. The fourth-order valence-corrected chi connectivity index (χ4v) is 2.90. The second-order valence-electron chi connectivity index (χ2n) is 5.35. The summed E-state index contributed by atoms with van der Waals surface area (Å²) in [6.07, 6.45) is 0.438. The number of amides is 1. The summed E-state index contributed by atoms with van der Waals surface area (Å²) in [5.74, 6) is 0.157. The Hall–Kier alpha value is -1.59. The molecular weight excluding hydrogens is 256 g/mol. The van der Waals surface area contributed by atoms with Crippen molar-refractivity contribution >= 4 is 17.3 Å². The maximum Gasteiger partial charge on any atom is 0.227 e. The van der Waals surface area contributed by atoms with E-state index in [4.69, 9.17) is 4.74 Å². The van der Waals surface area contributed by atoms with Crippen LogP contribution in [0, 0.1) is 5.92 Å². The molecule has 2 saturated heterocycles. The zero-order chi connectivity index (χ0) is 13.9. The third-order valence-electron chi connectivity index (χ3n) is 3.99. The normalized spacial score (nSPS) is 23.4. The molecule has 1 aromatic rings. The standard InChI is InChI=1S/C15H20N2O3/c18-11-12-9-15(19)17(10-12)14-4-2-1-3-13(14)16-5-7-20-8-6-16/h1-4,12,18H,5-11H2. The lowest BCUT2D eigenvalue weighted by molar-refractivity contribution is -0.117. The van der Waals surface area contributed by atoms with Gasteiger partial charge in [0.1, 0.15) is 0 Å². The molecule has 5 heteroatoms. The monoisotopic (exact) mass is 276 g/mol. The average Bonchev–Trinajstić information content (AvgIpc) is 2.89. The molecule has 0 bridgehead atoms. The molecule has 0 radical (unpaired) electrons. The maximum absolute atomic E-state index is 12.2. The molecule has 2 heterocycles. The van der Waals surface area contributed by atoms with Crippen molar-refractivity contribution in [2.24, 2.45) is 5.92 Å². The summed E-state index contributed by atoms with van der Waals surface area (Å²) in [4.78, 5) is 16.2. The first-order valence-electron chi connectivity index (χ1n) is 7.12. The molecule has 0 spiro atoms. The van der Waals surface area contributed by atoms with Crippen LogP contribution in [0.15, 0.2) is 24.3 Å². The van der Waals surface area contributed by atoms with E-state index in [0.717, 1.165) is 37.7 Å². The van der Waals surface area contributed by atoms with Gasteiger partial charge in [0.25, 0.3) is 0 Å². The summed E-state index contributed by atoms with van der Waals surface area (Å²) in [6.45, 7) is 3.83. The van der Waals surface area contributed by atoms with Gasteiger partial charge in [0, 0.05) is 38.6 Å². The van der Waals surface area contributed by atoms with E-state index in [9.17, 15) is 9.90 Å². The Morgan fingerprint density at radius 3 is 2.55 bits per heavy atom. The summed E-state index contributed by atoms with van der Waals surface area (Å²) in [5.41, 5.74) is 2.04. The SMILES string of the molecule is O=C1CC(CO)CN1c1ccccc1N1CCOCC1. The number of hydrogen-bond acceptors (Lipinski definition) is 4. The highest BCUT2D eigenvalue weighted by Crippen LogP contribution is 2.33. The molecule has 1 N–H and O–H groups in total. The number of rotatable bonds is 3. The van der Waals surface area contributed by atoms with Gasteiger partial charge in [-0.05, 0) is 12.1 Å². The van der Waals surface area contributed by atoms with Gasteiger partial charge in [-0.3, -0.25) is 4.79 Å². The van der Waals surface area contributed by atoms with Crippen molar-refractivity contribution in [3.8, 4) is 0 Å². The molecule has 3 rings (SSSR count). The predicted octanol–water partition coefficient (Wildman–Crippen LogP) is 0.868. The fraction of sp³-hybridized carbons (Fsp3) is 0.533. The molecule has 0 aliphatic carbocycles. The van der Waals surface area contributed by atoms with E-state index in [1.807, 2.05) is 23.1 Å². The van der Waals surface area contributed by atoms with Crippen molar-refractivity contribution in [3.63, 3.8) is 0 Å². The van der Waals surface area contributed by atoms with E-state index in [1.54, 1.807) is 0 Å².